The Balaban J connectivity index is 1.58. The molecule has 3 heteroatoms. The highest BCUT2D eigenvalue weighted by molar-refractivity contribution is 5.40. The Labute approximate surface area is 126 Å². The van der Waals surface area contributed by atoms with E-state index in [1.807, 2.05) is 24.4 Å². The summed E-state index contributed by atoms with van der Waals surface area (Å²) in [5.41, 5.74) is 3.94. The summed E-state index contributed by atoms with van der Waals surface area (Å²) in [6.07, 6.45) is 5.01. The first-order valence-corrected chi connectivity index (χ1v) is 7.75. The third kappa shape index (κ3) is 3.42. The molecule has 0 aliphatic heterocycles. The average molecular weight is 282 g/mol. The first-order chi connectivity index (χ1) is 10.4. The molecule has 1 unspecified atom stereocenters. The van der Waals surface area contributed by atoms with Crippen LogP contribution in [0.3, 0.4) is 0 Å². The quantitative estimate of drug-likeness (QED) is 0.882. The minimum atomic E-state index is 0.521. The fourth-order valence-electron chi connectivity index (χ4n) is 2.96. The van der Waals surface area contributed by atoms with E-state index in [9.17, 15) is 0 Å². The van der Waals surface area contributed by atoms with Crippen LogP contribution in [0.5, 0.6) is 5.75 Å². The number of hydrogen-bond donors (Lipinski definition) is 1. The van der Waals surface area contributed by atoms with Crippen LogP contribution in [0.1, 0.15) is 36.2 Å². The Hall–Kier alpha value is -1.87. The van der Waals surface area contributed by atoms with E-state index in [-0.39, 0.29) is 0 Å². The normalized spacial score (nSPS) is 16.7. The second-order valence-corrected chi connectivity index (χ2v) is 5.43. The van der Waals surface area contributed by atoms with Crippen molar-refractivity contribution in [1.82, 2.24) is 10.3 Å². The lowest BCUT2D eigenvalue weighted by Gasteiger charge is -2.13. The Bertz CT molecular complexity index is 583. The van der Waals surface area contributed by atoms with E-state index in [1.54, 1.807) is 0 Å². The van der Waals surface area contributed by atoms with Gasteiger partial charge in [-0.2, -0.15) is 0 Å². The molecule has 0 amide bonds. The molecule has 2 aromatic rings. The topological polar surface area (TPSA) is 34.1 Å². The number of fused-ring (bicyclic) bond motifs is 1. The van der Waals surface area contributed by atoms with Crippen molar-refractivity contribution in [2.45, 2.75) is 32.2 Å². The molecule has 1 aliphatic rings. The van der Waals surface area contributed by atoms with Crippen LogP contribution in [0.4, 0.5) is 0 Å². The summed E-state index contributed by atoms with van der Waals surface area (Å²) < 4.78 is 5.87. The minimum absolute atomic E-state index is 0.521. The van der Waals surface area contributed by atoms with E-state index >= 15 is 0 Å². The zero-order valence-electron chi connectivity index (χ0n) is 12.5. The Morgan fingerprint density at radius 1 is 1.29 bits per heavy atom. The second-order valence-electron chi connectivity index (χ2n) is 5.43. The molecule has 1 aromatic carbocycles. The molecule has 0 fully saturated rings. The van der Waals surface area contributed by atoms with Gasteiger partial charge in [0.15, 0.2) is 0 Å². The third-order valence-electron chi connectivity index (χ3n) is 4.00. The smallest absolute Gasteiger partial charge is 0.119 e. The van der Waals surface area contributed by atoms with Gasteiger partial charge >= 0.3 is 0 Å². The molecule has 3 rings (SSSR count). The fourth-order valence-corrected chi connectivity index (χ4v) is 2.96. The third-order valence-corrected chi connectivity index (χ3v) is 4.00. The van der Waals surface area contributed by atoms with E-state index in [2.05, 4.69) is 35.4 Å². The van der Waals surface area contributed by atoms with E-state index in [1.165, 1.54) is 17.5 Å². The Morgan fingerprint density at radius 3 is 3.05 bits per heavy atom. The maximum atomic E-state index is 5.87. The first kappa shape index (κ1) is 14.1. The summed E-state index contributed by atoms with van der Waals surface area (Å²) in [7, 11) is 0. The van der Waals surface area contributed by atoms with E-state index in [0.717, 1.165) is 30.8 Å². The second kappa shape index (κ2) is 6.72. The largest absolute Gasteiger partial charge is 0.493 e. The first-order valence-electron chi connectivity index (χ1n) is 7.75. The zero-order valence-corrected chi connectivity index (χ0v) is 12.5. The number of aromatic nitrogens is 1. The van der Waals surface area contributed by atoms with Gasteiger partial charge in [0.1, 0.15) is 5.75 Å². The van der Waals surface area contributed by atoms with Crippen molar-refractivity contribution in [3.63, 3.8) is 0 Å². The van der Waals surface area contributed by atoms with Crippen molar-refractivity contribution in [2.24, 2.45) is 0 Å². The molecule has 1 heterocycles. The maximum absolute atomic E-state index is 5.87. The molecule has 0 saturated heterocycles. The van der Waals surface area contributed by atoms with Gasteiger partial charge in [0.05, 0.1) is 6.61 Å². The van der Waals surface area contributed by atoms with Crippen LogP contribution >= 0.6 is 0 Å². The van der Waals surface area contributed by atoms with Gasteiger partial charge in [0.2, 0.25) is 0 Å². The molecule has 1 atom stereocenters. The van der Waals surface area contributed by atoms with Gasteiger partial charge in [0.25, 0.3) is 0 Å². The van der Waals surface area contributed by atoms with Gasteiger partial charge in [0, 0.05) is 24.4 Å². The molecule has 21 heavy (non-hydrogen) atoms. The van der Waals surface area contributed by atoms with Crippen molar-refractivity contribution >= 4 is 0 Å². The fraction of sp³-hybridized carbons (Fsp3) is 0.389. The number of nitrogens with zero attached hydrogens (tertiary/aromatic N) is 1. The lowest BCUT2D eigenvalue weighted by Crippen LogP contribution is -2.18. The maximum Gasteiger partial charge on any atom is 0.119 e. The molecule has 0 spiro atoms. The van der Waals surface area contributed by atoms with Gasteiger partial charge in [-0.05, 0) is 54.8 Å². The van der Waals surface area contributed by atoms with Crippen molar-refractivity contribution in [1.29, 1.82) is 0 Å². The summed E-state index contributed by atoms with van der Waals surface area (Å²) in [5, 5.41) is 3.54. The average Bonchev–Trinajstić information content (AvgIpc) is 2.91. The standard InChI is InChI=1S/C18H22N2O/c1-2-19-18-9-6-14-13-16(7-8-17(14)18)21-12-10-15-5-3-4-11-20-15/h3-5,7-8,11,13,18-19H,2,6,9-10,12H2,1H3. The van der Waals surface area contributed by atoms with Crippen LogP contribution < -0.4 is 10.1 Å². The predicted molar refractivity (Wildman–Crippen MR) is 84.6 cm³/mol. The number of pyridine rings is 1. The number of ether oxygens (including phenoxy) is 1. The predicted octanol–water partition coefficient (Wildman–Crippen LogP) is 3.30. The van der Waals surface area contributed by atoms with Crippen LogP contribution in [-0.2, 0) is 12.8 Å². The Morgan fingerprint density at radius 2 is 2.24 bits per heavy atom. The lowest BCUT2D eigenvalue weighted by atomic mass is 10.1. The number of nitrogens with one attached hydrogen (secondary N) is 1. The van der Waals surface area contributed by atoms with Crippen molar-refractivity contribution in [3.8, 4) is 5.75 Å². The molecule has 1 N–H and O–H groups in total. The molecule has 110 valence electrons. The van der Waals surface area contributed by atoms with Gasteiger partial charge in [-0.15, -0.1) is 0 Å². The molecule has 1 aliphatic carbocycles. The monoisotopic (exact) mass is 282 g/mol. The molecule has 3 nitrogen and oxygen atoms in total. The molecule has 0 radical (unpaired) electrons. The number of aryl methyl sites for hydroxylation is 1. The molecule has 1 aromatic heterocycles. The van der Waals surface area contributed by atoms with Gasteiger partial charge < -0.3 is 10.1 Å². The van der Waals surface area contributed by atoms with Crippen LogP contribution in [-0.4, -0.2) is 18.1 Å². The van der Waals surface area contributed by atoms with Crippen LogP contribution in [0.2, 0.25) is 0 Å². The van der Waals surface area contributed by atoms with Crippen LogP contribution in [0.15, 0.2) is 42.6 Å². The molecular formula is C18H22N2O. The van der Waals surface area contributed by atoms with Crippen LogP contribution in [0, 0.1) is 0 Å². The van der Waals surface area contributed by atoms with E-state index < -0.39 is 0 Å². The molecule has 0 bridgehead atoms. The SMILES string of the molecule is CCNC1CCc2cc(OCCc3ccccn3)ccc21. The van der Waals surface area contributed by atoms with Crippen molar-refractivity contribution in [2.75, 3.05) is 13.2 Å². The number of hydrogen-bond acceptors (Lipinski definition) is 3. The van der Waals surface area contributed by atoms with Gasteiger partial charge in [-0.1, -0.05) is 19.1 Å². The molecule has 0 saturated carbocycles. The number of rotatable bonds is 6. The van der Waals surface area contributed by atoms with Crippen molar-refractivity contribution < 1.29 is 4.74 Å². The summed E-state index contributed by atoms with van der Waals surface area (Å²) >= 11 is 0. The molecular weight excluding hydrogens is 260 g/mol. The highest BCUT2D eigenvalue weighted by atomic mass is 16.5. The summed E-state index contributed by atoms with van der Waals surface area (Å²) in [6, 6.07) is 13.0. The number of benzene rings is 1. The van der Waals surface area contributed by atoms with Crippen LogP contribution in [0.25, 0.3) is 0 Å². The van der Waals surface area contributed by atoms with E-state index in [4.69, 9.17) is 4.74 Å². The highest BCUT2D eigenvalue weighted by Crippen LogP contribution is 2.33. The van der Waals surface area contributed by atoms with Crippen molar-refractivity contribution in [3.05, 3.63) is 59.4 Å². The summed E-state index contributed by atoms with van der Waals surface area (Å²) in [4.78, 5) is 4.31. The highest BCUT2D eigenvalue weighted by Gasteiger charge is 2.21. The summed E-state index contributed by atoms with van der Waals surface area (Å²) in [5.74, 6) is 0.974. The van der Waals surface area contributed by atoms with Gasteiger partial charge in [-0.3, -0.25) is 4.98 Å². The minimum Gasteiger partial charge on any atom is -0.493 e. The Kier molecular flexibility index (Phi) is 4.51. The van der Waals surface area contributed by atoms with Gasteiger partial charge in [-0.25, -0.2) is 0 Å². The van der Waals surface area contributed by atoms with E-state index in [0.29, 0.717) is 12.6 Å². The lowest BCUT2D eigenvalue weighted by molar-refractivity contribution is 0.320. The zero-order chi connectivity index (χ0) is 14.5. The summed E-state index contributed by atoms with van der Waals surface area (Å²) in [6.45, 7) is 3.85.